The molecule has 1 aliphatic heterocycles. The zero-order chi connectivity index (χ0) is 40.9. The zero-order valence-electron chi connectivity index (χ0n) is 33.3. The first kappa shape index (κ1) is 43.8. The van der Waals surface area contributed by atoms with Crippen LogP contribution in [0.15, 0.2) is 99.4 Å². The quantitative estimate of drug-likeness (QED) is 0.0879. The van der Waals surface area contributed by atoms with Crippen LogP contribution in [0.5, 0.6) is 0 Å². The summed E-state index contributed by atoms with van der Waals surface area (Å²) in [5.41, 5.74) is 2.08. The lowest BCUT2D eigenvalue weighted by Gasteiger charge is -2.31. The van der Waals surface area contributed by atoms with Crippen LogP contribution in [0.4, 0.5) is 0 Å². The Hall–Kier alpha value is -3.36. The molecule has 5 rings (SSSR count). The van der Waals surface area contributed by atoms with Crippen molar-refractivity contribution in [3.05, 3.63) is 132 Å². The van der Waals surface area contributed by atoms with Crippen LogP contribution in [0.2, 0.25) is 20.1 Å². The summed E-state index contributed by atoms with van der Waals surface area (Å²) in [5, 5.41) is 13.0. The maximum absolute atomic E-state index is 13.8. The molecule has 3 aromatic rings. The van der Waals surface area contributed by atoms with Crippen molar-refractivity contribution in [2.75, 3.05) is 26.4 Å². The topological polar surface area (TPSA) is 76.3 Å². The van der Waals surface area contributed by atoms with Crippen LogP contribution in [0.25, 0.3) is 23.2 Å². The molecule has 0 fully saturated rings. The number of ether oxygens (including phenoxy) is 3. The van der Waals surface area contributed by atoms with E-state index in [9.17, 15) is 9.90 Å². The molecule has 0 atom stereocenters. The average Bonchev–Trinajstić information content (AvgIpc) is 3.15. The van der Waals surface area contributed by atoms with E-state index in [1.807, 2.05) is 64.1 Å². The van der Waals surface area contributed by atoms with E-state index in [1.165, 1.54) is 0 Å². The first-order chi connectivity index (χ1) is 26.3. The molecule has 2 heterocycles. The molecule has 0 spiro atoms. The summed E-state index contributed by atoms with van der Waals surface area (Å²) in [7, 11) is 0. The van der Waals surface area contributed by atoms with Gasteiger partial charge in [0, 0.05) is 30.3 Å². The molecular formula is C46H51Cl4O6+. The lowest BCUT2D eigenvalue weighted by Crippen LogP contribution is -2.26. The summed E-state index contributed by atoms with van der Waals surface area (Å²) < 4.78 is 25.1. The maximum Gasteiger partial charge on any atom is 0.360 e. The zero-order valence-corrected chi connectivity index (χ0v) is 36.3. The standard InChI is InChI=1S/C46H50Cl4O6/c1-27(2)13-15-53-25-45(5,6)41-21-29(19-39(55-41)31-9-11-35(47)37(49)23-31)17-33-43(51)34(44(33)52)18-30-20-40(32-10-12-36(48)38(50)24-32)56-42(22-30)46(7,8)26-54-16-14-28(3)4/h9-12,17-24,27-28H,13-16,25-26H2,1-8H3/p+1. The van der Waals surface area contributed by atoms with Crippen molar-refractivity contribution in [3.8, 4) is 11.3 Å². The summed E-state index contributed by atoms with van der Waals surface area (Å²) in [6, 6.07) is 14.2. The van der Waals surface area contributed by atoms with Crippen molar-refractivity contribution in [2.45, 2.75) is 73.6 Å². The minimum absolute atomic E-state index is 0.112. The third-order valence-corrected chi connectivity index (χ3v) is 11.1. The molecule has 1 N–H and O–H groups in total. The van der Waals surface area contributed by atoms with Crippen LogP contribution < -0.4 is 0 Å². The molecule has 6 nitrogen and oxygen atoms in total. The summed E-state index contributed by atoms with van der Waals surface area (Å²) in [6.45, 7) is 18.9. The van der Waals surface area contributed by atoms with E-state index in [0.717, 1.165) is 12.8 Å². The van der Waals surface area contributed by atoms with Crippen LogP contribution in [-0.4, -0.2) is 37.3 Å². The number of aliphatic hydroxyl groups is 1. The Kier molecular flexibility index (Phi) is 14.4. The Morgan fingerprint density at radius 1 is 0.750 bits per heavy atom. The van der Waals surface area contributed by atoms with Crippen LogP contribution in [0.3, 0.4) is 0 Å². The second-order valence-electron chi connectivity index (χ2n) is 16.5. The van der Waals surface area contributed by atoms with Gasteiger partial charge in [0.25, 0.3) is 0 Å². The van der Waals surface area contributed by atoms with Gasteiger partial charge in [-0.15, -0.1) is 0 Å². The number of rotatable bonds is 16. The van der Waals surface area contributed by atoms with Gasteiger partial charge in [0.1, 0.15) is 22.7 Å². The van der Waals surface area contributed by atoms with Crippen molar-refractivity contribution >= 4 is 64.0 Å². The van der Waals surface area contributed by atoms with Gasteiger partial charge in [-0.3, -0.25) is 4.79 Å². The van der Waals surface area contributed by atoms with Gasteiger partial charge >= 0.3 is 11.5 Å². The molecule has 0 amide bonds. The summed E-state index contributed by atoms with van der Waals surface area (Å²) in [5.74, 6) is 2.98. The second kappa shape index (κ2) is 18.5. The first-order valence-electron chi connectivity index (χ1n) is 18.9. The Labute approximate surface area is 351 Å². The predicted octanol–water partition coefficient (Wildman–Crippen LogP) is 13.9. The van der Waals surface area contributed by atoms with E-state index in [1.54, 1.807) is 36.4 Å². The third-order valence-electron chi connectivity index (χ3n) is 9.60. The molecule has 0 bridgehead atoms. The molecule has 56 heavy (non-hydrogen) atoms. The van der Waals surface area contributed by atoms with Crippen molar-refractivity contribution in [1.82, 2.24) is 0 Å². The smallest absolute Gasteiger partial charge is 0.360 e. The van der Waals surface area contributed by atoms with Crippen molar-refractivity contribution in [1.29, 1.82) is 0 Å². The highest BCUT2D eigenvalue weighted by Gasteiger charge is 2.37. The van der Waals surface area contributed by atoms with Gasteiger partial charge in [0.15, 0.2) is 0 Å². The van der Waals surface area contributed by atoms with Gasteiger partial charge in [0.05, 0.1) is 56.1 Å². The number of Topliss-reactive ketones (excluding diaryl/α,β-unsaturated/α-hetero) is 1. The monoisotopic (exact) mass is 839 g/mol. The van der Waals surface area contributed by atoms with Gasteiger partial charge in [-0.2, -0.15) is 0 Å². The number of ketones is 1. The van der Waals surface area contributed by atoms with Gasteiger partial charge in [-0.05, 0) is 110 Å². The highest BCUT2D eigenvalue weighted by atomic mass is 35.5. The van der Waals surface area contributed by atoms with E-state index in [0.29, 0.717) is 104 Å². The van der Waals surface area contributed by atoms with E-state index in [2.05, 4.69) is 27.7 Å². The average molecular weight is 842 g/mol. The first-order valence-corrected chi connectivity index (χ1v) is 20.4. The summed E-state index contributed by atoms with van der Waals surface area (Å²) in [6.07, 6.45) is 8.93. The lowest BCUT2D eigenvalue weighted by molar-refractivity contribution is -0.113. The molecule has 2 aromatic carbocycles. The molecule has 0 saturated heterocycles. The van der Waals surface area contributed by atoms with Crippen LogP contribution in [-0.2, 0) is 24.4 Å². The SMILES string of the molecule is CC(C)CCOCC(C)(C)C1=CC(=CC2=C(O)C(=Cc3cc(-c4ccc(Cl)c(Cl)c4)[o+]c(C(C)(C)COCCC(C)C)c3)C2=O)C=C(c2ccc(Cl)c(Cl)c2)O1. The summed E-state index contributed by atoms with van der Waals surface area (Å²) >= 11 is 25.2. The van der Waals surface area contributed by atoms with Crippen molar-refractivity contribution < 1.29 is 28.5 Å². The van der Waals surface area contributed by atoms with E-state index in [4.69, 9.17) is 65.0 Å². The van der Waals surface area contributed by atoms with Crippen LogP contribution in [0, 0.1) is 17.3 Å². The number of hydrogen-bond donors (Lipinski definition) is 1. The molecular weight excluding hydrogens is 790 g/mol. The second-order valence-corrected chi connectivity index (χ2v) is 18.2. The number of hydrogen-bond acceptors (Lipinski definition) is 5. The Morgan fingerprint density at radius 2 is 1.32 bits per heavy atom. The molecule has 1 aromatic heterocycles. The van der Waals surface area contributed by atoms with Gasteiger partial charge in [-0.1, -0.05) is 87.9 Å². The van der Waals surface area contributed by atoms with Gasteiger partial charge < -0.3 is 19.3 Å². The van der Waals surface area contributed by atoms with E-state index in [-0.39, 0.29) is 22.7 Å². The normalized spacial score (nSPS) is 16.5. The van der Waals surface area contributed by atoms with E-state index < -0.39 is 10.8 Å². The Morgan fingerprint density at radius 3 is 1.89 bits per heavy atom. The molecule has 1 aliphatic carbocycles. The molecule has 298 valence electrons. The largest absolute Gasteiger partial charge is 0.506 e. The Balaban J connectivity index is 1.52. The number of carbonyl (C=O) groups excluding carboxylic acids is 1. The number of allylic oxidation sites excluding steroid dienone is 6. The fraction of sp³-hybridized carbons (Fsp3) is 0.391. The number of benzene rings is 2. The fourth-order valence-corrected chi connectivity index (χ4v) is 6.54. The molecule has 0 saturated carbocycles. The molecule has 0 unspecified atom stereocenters. The molecule has 10 heteroatoms. The van der Waals surface area contributed by atoms with Gasteiger partial charge in [0.2, 0.25) is 5.78 Å². The van der Waals surface area contributed by atoms with Crippen molar-refractivity contribution in [2.24, 2.45) is 17.3 Å². The van der Waals surface area contributed by atoms with E-state index >= 15 is 0 Å². The highest BCUT2D eigenvalue weighted by molar-refractivity contribution is 6.42. The number of aliphatic hydroxyl groups excluding tert-OH is 1. The minimum Gasteiger partial charge on any atom is -0.506 e. The maximum atomic E-state index is 13.8. The van der Waals surface area contributed by atoms with Crippen molar-refractivity contribution in [3.63, 3.8) is 0 Å². The third kappa shape index (κ3) is 11.0. The molecule has 0 radical (unpaired) electrons. The minimum atomic E-state index is -0.522. The predicted molar refractivity (Wildman–Crippen MR) is 230 cm³/mol. The number of halogens is 4. The summed E-state index contributed by atoms with van der Waals surface area (Å²) in [4.78, 5) is 13.8. The van der Waals surface area contributed by atoms with Gasteiger partial charge in [-0.25, -0.2) is 4.42 Å². The van der Waals surface area contributed by atoms with Crippen LogP contribution in [0.1, 0.15) is 85.1 Å². The lowest BCUT2D eigenvalue weighted by atomic mass is 9.84. The fourth-order valence-electron chi connectivity index (χ4n) is 5.94. The molecule has 2 aliphatic rings. The van der Waals surface area contributed by atoms with Crippen LogP contribution >= 0.6 is 46.4 Å². The number of carbonyl (C=O) groups is 1. The highest BCUT2D eigenvalue weighted by Crippen LogP contribution is 2.41. The Bertz CT molecular complexity index is 2120.